The van der Waals surface area contributed by atoms with Crippen LogP contribution in [0.5, 0.6) is 11.5 Å². The van der Waals surface area contributed by atoms with Crippen LogP contribution in [0.25, 0.3) is 0 Å². The molecule has 1 fully saturated rings. The zero-order chi connectivity index (χ0) is 28.7. The second kappa shape index (κ2) is 12.7. The lowest BCUT2D eigenvalue weighted by molar-refractivity contribution is -0.274. The van der Waals surface area contributed by atoms with Crippen LogP contribution in [0.3, 0.4) is 0 Å². The van der Waals surface area contributed by atoms with Crippen molar-refractivity contribution in [2.75, 3.05) is 6.61 Å². The van der Waals surface area contributed by atoms with Crippen LogP contribution in [-0.2, 0) is 36.1 Å². The fourth-order valence-electron chi connectivity index (χ4n) is 2.89. The Hall–Kier alpha value is -2.94. The fraction of sp³-hybridized carbons (Fsp3) is 0.263. The summed E-state index contributed by atoms with van der Waals surface area (Å²) in [7, 11) is -9.13. The number of nitrogens with one attached hydrogen (secondary N) is 1. The maximum absolute atomic E-state index is 12.5. The maximum Gasteiger partial charge on any atom is 0.573 e. The highest BCUT2D eigenvalue weighted by atomic mass is 32.3. The highest BCUT2D eigenvalue weighted by Gasteiger charge is 2.32. The topological polar surface area (TPSA) is 209 Å². The largest absolute Gasteiger partial charge is 0.573 e. The highest BCUT2D eigenvalue weighted by molar-refractivity contribution is 8.15. The molecule has 2 unspecified atom stereocenters. The van der Waals surface area contributed by atoms with E-state index in [-0.39, 0.29) is 11.5 Å². The normalized spacial score (nSPS) is 16.7. The van der Waals surface area contributed by atoms with Crippen LogP contribution in [0.1, 0.15) is 17.2 Å². The number of thioether (sulfide) groups is 1. The molecule has 0 saturated carbocycles. The summed E-state index contributed by atoms with van der Waals surface area (Å²) >= 11 is 0.897. The van der Waals surface area contributed by atoms with Gasteiger partial charge in [-0.2, -0.15) is 16.8 Å². The van der Waals surface area contributed by atoms with Crippen molar-refractivity contribution in [2.45, 2.75) is 24.1 Å². The van der Waals surface area contributed by atoms with Gasteiger partial charge in [0.15, 0.2) is 0 Å². The first kappa shape index (κ1) is 31.3. The molecule has 5 N–H and O–H groups in total. The Morgan fingerprint density at radius 2 is 1.63 bits per heavy atom. The smallest absolute Gasteiger partial charge is 0.490 e. The van der Waals surface area contributed by atoms with E-state index in [2.05, 4.69) is 10.1 Å². The van der Waals surface area contributed by atoms with Gasteiger partial charge >= 0.3 is 27.1 Å². The van der Waals surface area contributed by atoms with Crippen LogP contribution in [0.2, 0.25) is 0 Å². The molecule has 38 heavy (non-hydrogen) atoms. The SMILES string of the molecule is NS(=O)(=O)OC(COc1ccc(CC2SC(=O)NC2=O)cc1)c1cccc(OC(F)(F)F)c1.O=S(=O)(O)O. The van der Waals surface area contributed by atoms with Crippen LogP contribution in [-0.4, -0.2) is 55.3 Å². The minimum absolute atomic E-state index is 0.0244. The zero-order valence-electron chi connectivity index (χ0n) is 18.7. The minimum Gasteiger partial charge on any atom is -0.490 e. The lowest BCUT2D eigenvalue weighted by atomic mass is 10.1. The molecule has 0 radical (unpaired) electrons. The van der Waals surface area contributed by atoms with Crippen molar-refractivity contribution in [1.82, 2.24) is 5.32 Å². The molecule has 2 aromatic carbocycles. The molecule has 2 aromatic rings. The van der Waals surface area contributed by atoms with E-state index in [0.717, 1.165) is 29.5 Å². The Kier molecular flexibility index (Phi) is 10.5. The van der Waals surface area contributed by atoms with E-state index >= 15 is 0 Å². The van der Waals surface area contributed by atoms with E-state index in [1.54, 1.807) is 24.3 Å². The van der Waals surface area contributed by atoms with Gasteiger partial charge in [0.25, 0.3) is 5.24 Å². The number of nitrogens with two attached hydrogens (primary N) is 1. The quantitative estimate of drug-likeness (QED) is 0.304. The lowest BCUT2D eigenvalue weighted by Crippen LogP contribution is -2.25. The van der Waals surface area contributed by atoms with Crippen LogP contribution >= 0.6 is 11.8 Å². The number of amides is 2. The van der Waals surface area contributed by atoms with Gasteiger partial charge in [-0.15, -0.1) is 13.2 Å². The highest BCUT2D eigenvalue weighted by Crippen LogP contribution is 2.29. The summed E-state index contributed by atoms with van der Waals surface area (Å²) in [6.07, 6.45) is -5.98. The van der Waals surface area contributed by atoms with Gasteiger partial charge in [0.1, 0.15) is 24.2 Å². The van der Waals surface area contributed by atoms with Crippen LogP contribution in [0, 0.1) is 0 Å². The summed E-state index contributed by atoms with van der Waals surface area (Å²) in [6, 6.07) is 11.0. The van der Waals surface area contributed by atoms with Gasteiger partial charge in [-0.3, -0.25) is 24.0 Å². The molecule has 1 aliphatic rings. The molecule has 1 saturated heterocycles. The van der Waals surface area contributed by atoms with Crippen LogP contribution < -0.4 is 19.9 Å². The maximum atomic E-state index is 12.5. The molecule has 3 rings (SSSR count). The number of ether oxygens (including phenoxy) is 2. The molecular formula is C19H19F3N2O11S3. The number of halogens is 3. The van der Waals surface area contributed by atoms with Gasteiger partial charge in [0.2, 0.25) is 5.91 Å². The third-order valence-corrected chi connectivity index (χ3v) is 5.71. The van der Waals surface area contributed by atoms with Crippen molar-refractivity contribution in [3.05, 3.63) is 59.7 Å². The Labute approximate surface area is 218 Å². The van der Waals surface area contributed by atoms with Gasteiger partial charge in [0, 0.05) is 0 Å². The molecule has 2 atom stereocenters. The molecule has 13 nitrogen and oxygen atoms in total. The van der Waals surface area contributed by atoms with Crippen LogP contribution in [0.15, 0.2) is 48.5 Å². The van der Waals surface area contributed by atoms with Crippen molar-refractivity contribution in [1.29, 1.82) is 0 Å². The summed E-state index contributed by atoms with van der Waals surface area (Å²) < 4.78 is 106. The van der Waals surface area contributed by atoms with Gasteiger partial charge in [-0.1, -0.05) is 36.0 Å². The molecule has 0 aliphatic carbocycles. The van der Waals surface area contributed by atoms with Crippen molar-refractivity contribution >= 4 is 43.6 Å². The van der Waals surface area contributed by atoms with E-state index in [1.165, 1.54) is 12.1 Å². The second-order valence-electron chi connectivity index (χ2n) is 7.19. The van der Waals surface area contributed by atoms with Crippen molar-refractivity contribution in [2.24, 2.45) is 5.14 Å². The summed E-state index contributed by atoms with van der Waals surface area (Å²) in [6.45, 7) is -0.402. The average molecular weight is 605 g/mol. The van der Waals surface area contributed by atoms with Gasteiger partial charge in [-0.05, 0) is 41.8 Å². The third-order valence-electron chi connectivity index (χ3n) is 4.23. The molecule has 2 amide bonds. The lowest BCUT2D eigenvalue weighted by Gasteiger charge is -2.18. The van der Waals surface area contributed by atoms with Crippen LogP contribution in [0.4, 0.5) is 18.0 Å². The molecule has 0 aromatic heterocycles. The molecule has 19 heteroatoms. The predicted octanol–water partition coefficient (Wildman–Crippen LogP) is 2.17. The molecular weight excluding hydrogens is 585 g/mol. The van der Waals surface area contributed by atoms with Crippen molar-refractivity contribution < 1.29 is 62.4 Å². The first-order chi connectivity index (χ1) is 17.4. The summed E-state index contributed by atoms with van der Waals surface area (Å²) in [5.41, 5.74) is 0.773. The second-order valence-corrected chi connectivity index (χ2v) is 10.4. The number of hydrogen-bond donors (Lipinski definition) is 4. The van der Waals surface area contributed by atoms with Gasteiger partial charge in [0.05, 0.1) is 5.25 Å². The predicted molar refractivity (Wildman–Crippen MR) is 125 cm³/mol. The summed E-state index contributed by atoms with van der Waals surface area (Å²) in [4.78, 5) is 22.9. The number of imide groups is 1. The first-order valence-corrected chi connectivity index (χ1v) is 13.6. The van der Waals surface area contributed by atoms with Gasteiger partial charge in [-0.25, -0.2) is 9.32 Å². The monoisotopic (exact) mass is 604 g/mol. The van der Waals surface area contributed by atoms with E-state index in [0.29, 0.717) is 12.2 Å². The first-order valence-electron chi connectivity index (χ1n) is 9.88. The zero-order valence-corrected chi connectivity index (χ0v) is 21.1. The Balaban J connectivity index is 0.000000926. The molecule has 1 heterocycles. The molecule has 210 valence electrons. The van der Waals surface area contributed by atoms with E-state index < -0.39 is 56.0 Å². The number of carbonyl (C=O) groups excluding carboxylic acids is 2. The molecule has 0 spiro atoms. The average Bonchev–Trinajstić information content (AvgIpc) is 3.05. The Morgan fingerprint density at radius 3 is 2.13 bits per heavy atom. The number of alkyl halides is 3. The van der Waals surface area contributed by atoms with Gasteiger partial charge < -0.3 is 9.47 Å². The van der Waals surface area contributed by atoms with E-state index in [9.17, 15) is 31.2 Å². The molecule has 0 bridgehead atoms. The number of carbonyl (C=O) groups is 2. The number of benzene rings is 2. The minimum atomic E-state index is -4.93. The fourth-order valence-corrected chi connectivity index (χ4v) is 4.24. The Bertz CT molecular complexity index is 1340. The summed E-state index contributed by atoms with van der Waals surface area (Å²) in [5.74, 6) is -0.645. The molecule has 1 aliphatic heterocycles. The van der Waals surface area contributed by atoms with E-state index in [4.69, 9.17) is 31.6 Å². The van der Waals surface area contributed by atoms with Crippen molar-refractivity contribution in [3.63, 3.8) is 0 Å². The standard InChI is InChI=1S/C19H17F3N2O7S2.H2O4S/c20-19(21,22)30-14-3-1-2-12(9-14)15(31-33(23,27)28)10-29-13-6-4-11(5-7-13)8-16-17(25)24-18(26)32-16;1-5(2,3)4/h1-7,9,15-16H,8,10H2,(H2,23,27,28)(H,24,25,26);(H2,1,2,3,4). The summed E-state index contributed by atoms with van der Waals surface area (Å²) in [5, 5.41) is 6.18. The number of rotatable bonds is 9. The number of hydrogen-bond acceptors (Lipinski definition) is 10. The third kappa shape index (κ3) is 12.5. The van der Waals surface area contributed by atoms with Crippen molar-refractivity contribution in [3.8, 4) is 11.5 Å². The van der Waals surface area contributed by atoms with E-state index in [1.807, 2.05) is 0 Å². The Morgan fingerprint density at radius 1 is 1.03 bits per heavy atom.